The minimum atomic E-state index is 0.237. The van der Waals surface area contributed by atoms with Gasteiger partial charge in [-0.05, 0) is 52.0 Å². The number of aromatic nitrogens is 2. The van der Waals surface area contributed by atoms with Gasteiger partial charge in [0.2, 0.25) is 5.88 Å². The lowest BCUT2D eigenvalue weighted by Gasteiger charge is -2.15. The van der Waals surface area contributed by atoms with Crippen LogP contribution in [0.3, 0.4) is 0 Å². The highest BCUT2D eigenvalue weighted by molar-refractivity contribution is 9.10. The zero-order valence-corrected chi connectivity index (χ0v) is 14.1. The summed E-state index contributed by atoms with van der Waals surface area (Å²) >= 11 is 3.31. The van der Waals surface area contributed by atoms with Crippen molar-refractivity contribution in [1.82, 2.24) is 9.97 Å². The summed E-state index contributed by atoms with van der Waals surface area (Å²) < 4.78 is 11.6. The van der Waals surface area contributed by atoms with Crippen LogP contribution in [0.2, 0.25) is 0 Å². The first-order chi connectivity index (χ1) is 9.92. The minimum Gasteiger partial charge on any atom is -0.480 e. The van der Waals surface area contributed by atoms with Crippen molar-refractivity contribution in [3.63, 3.8) is 0 Å². The lowest BCUT2D eigenvalue weighted by molar-refractivity contribution is 0.372. The van der Waals surface area contributed by atoms with Crippen molar-refractivity contribution < 1.29 is 9.47 Å². The van der Waals surface area contributed by atoms with Crippen molar-refractivity contribution in [2.45, 2.75) is 26.7 Å². The fourth-order valence-electron chi connectivity index (χ4n) is 1.88. The number of rotatable bonds is 4. The van der Waals surface area contributed by atoms with E-state index in [-0.39, 0.29) is 11.9 Å². The van der Waals surface area contributed by atoms with E-state index in [1.54, 1.807) is 13.3 Å². The number of ether oxygens (including phenoxy) is 2. The van der Waals surface area contributed by atoms with Crippen LogP contribution in [-0.4, -0.2) is 17.1 Å². The van der Waals surface area contributed by atoms with Gasteiger partial charge in [0.05, 0.1) is 17.8 Å². The van der Waals surface area contributed by atoms with Crippen LogP contribution in [-0.2, 0) is 0 Å². The predicted molar refractivity (Wildman–Crippen MR) is 86.0 cm³/mol. The SMILES string of the molecule is COc1nc(Oc2cc(C)c(N)cc2C(C)C)ncc1Br. The average molecular weight is 352 g/mol. The number of nitrogens with two attached hydrogens (primary N) is 1. The van der Waals surface area contributed by atoms with E-state index in [2.05, 4.69) is 39.7 Å². The molecule has 0 amide bonds. The molecule has 0 spiro atoms. The van der Waals surface area contributed by atoms with Gasteiger partial charge in [0.1, 0.15) is 5.75 Å². The molecule has 1 aromatic heterocycles. The number of hydrogen-bond donors (Lipinski definition) is 1. The molecular weight excluding hydrogens is 334 g/mol. The Bertz CT molecular complexity index is 660. The monoisotopic (exact) mass is 351 g/mol. The minimum absolute atomic E-state index is 0.237. The molecule has 0 saturated heterocycles. The van der Waals surface area contributed by atoms with Crippen LogP contribution < -0.4 is 15.2 Å². The topological polar surface area (TPSA) is 70.3 Å². The second-order valence-corrected chi connectivity index (χ2v) is 5.87. The summed E-state index contributed by atoms with van der Waals surface area (Å²) in [4.78, 5) is 8.35. The Labute approximate surface area is 132 Å². The van der Waals surface area contributed by atoms with Gasteiger partial charge in [-0.3, -0.25) is 0 Å². The van der Waals surface area contributed by atoms with Gasteiger partial charge in [0.25, 0.3) is 0 Å². The third-order valence-corrected chi connectivity index (χ3v) is 3.65. The van der Waals surface area contributed by atoms with Gasteiger partial charge in [-0.15, -0.1) is 0 Å². The number of hydrogen-bond acceptors (Lipinski definition) is 5. The second-order valence-electron chi connectivity index (χ2n) is 5.01. The van der Waals surface area contributed by atoms with Crippen LogP contribution in [0, 0.1) is 6.92 Å². The van der Waals surface area contributed by atoms with E-state index in [0.29, 0.717) is 16.1 Å². The third kappa shape index (κ3) is 3.44. The van der Waals surface area contributed by atoms with Gasteiger partial charge in [-0.1, -0.05) is 13.8 Å². The molecule has 0 unspecified atom stereocenters. The highest BCUT2D eigenvalue weighted by atomic mass is 79.9. The molecule has 2 aromatic rings. The Kier molecular flexibility index (Phi) is 4.67. The molecule has 1 heterocycles. The molecule has 6 heteroatoms. The molecule has 1 aromatic carbocycles. The second kappa shape index (κ2) is 6.30. The third-order valence-electron chi connectivity index (χ3n) is 3.10. The quantitative estimate of drug-likeness (QED) is 0.841. The maximum Gasteiger partial charge on any atom is 0.325 e. The maximum atomic E-state index is 5.97. The maximum absolute atomic E-state index is 5.97. The molecule has 0 aliphatic carbocycles. The normalized spacial score (nSPS) is 10.8. The van der Waals surface area contributed by atoms with Crippen molar-refractivity contribution in [3.8, 4) is 17.6 Å². The Balaban J connectivity index is 2.41. The van der Waals surface area contributed by atoms with E-state index in [0.717, 1.165) is 16.8 Å². The first-order valence-corrected chi connectivity index (χ1v) is 7.36. The molecule has 0 radical (unpaired) electrons. The first-order valence-electron chi connectivity index (χ1n) is 6.56. The van der Waals surface area contributed by atoms with Crippen molar-refractivity contribution in [2.75, 3.05) is 12.8 Å². The average Bonchev–Trinajstić information content (AvgIpc) is 2.44. The van der Waals surface area contributed by atoms with Gasteiger partial charge < -0.3 is 15.2 Å². The summed E-state index contributed by atoms with van der Waals surface area (Å²) in [6.07, 6.45) is 1.60. The number of nitrogen functional groups attached to an aromatic ring is 1. The molecular formula is C15H18BrN3O2. The van der Waals surface area contributed by atoms with Crippen LogP contribution in [0.1, 0.15) is 30.9 Å². The van der Waals surface area contributed by atoms with Gasteiger partial charge in [-0.2, -0.15) is 4.98 Å². The predicted octanol–water partition coefficient (Wildman–Crippen LogP) is 4.05. The number of anilines is 1. The summed E-state index contributed by atoms with van der Waals surface area (Å²) in [6.45, 7) is 6.11. The van der Waals surface area contributed by atoms with Gasteiger partial charge in [-0.25, -0.2) is 4.98 Å². The molecule has 0 aliphatic heterocycles. The highest BCUT2D eigenvalue weighted by Crippen LogP contribution is 2.34. The number of benzene rings is 1. The summed E-state index contributed by atoms with van der Waals surface area (Å²) in [5.74, 6) is 1.42. The number of aryl methyl sites for hydroxylation is 1. The smallest absolute Gasteiger partial charge is 0.325 e. The van der Waals surface area contributed by atoms with Crippen LogP contribution in [0.5, 0.6) is 17.6 Å². The van der Waals surface area contributed by atoms with Crippen molar-refractivity contribution >= 4 is 21.6 Å². The van der Waals surface area contributed by atoms with E-state index < -0.39 is 0 Å². The summed E-state index contributed by atoms with van der Waals surface area (Å²) in [5, 5.41) is 0. The van der Waals surface area contributed by atoms with E-state index in [9.17, 15) is 0 Å². The molecule has 0 saturated carbocycles. The highest BCUT2D eigenvalue weighted by Gasteiger charge is 2.14. The number of nitrogens with zero attached hydrogens (tertiary/aromatic N) is 2. The Morgan fingerprint density at radius 2 is 2.00 bits per heavy atom. The van der Waals surface area contributed by atoms with E-state index >= 15 is 0 Å². The van der Waals surface area contributed by atoms with Crippen molar-refractivity contribution in [2.24, 2.45) is 0 Å². The standard InChI is InChI=1S/C15H18BrN3O2/c1-8(2)10-6-12(17)9(3)5-13(10)21-15-18-7-11(16)14(19-15)20-4/h5-8H,17H2,1-4H3. The van der Waals surface area contributed by atoms with Crippen LogP contribution >= 0.6 is 15.9 Å². The van der Waals surface area contributed by atoms with Crippen LogP contribution in [0.25, 0.3) is 0 Å². The Morgan fingerprint density at radius 3 is 2.62 bits per heavy atom. The van der Waals surface area contributed by atoms with Crippen molar-refractivity contribution in [3.05, 3.63) is 33.9 Å². The van der Waals surface area contributed by atoms with Gasteiger partial charge >= 0.3 is 6.01 Å². The lowest BCUT2D eigenvalue weighted by Crippen LogP contribution is -2.01. The molecule has 2 rings (SSSR count). The van der Waals surface area contributed by atoms with E-state index in [1.807, 2.05) is 19.1 Å². The number of methoxy groups -OCH3 is 1. The summed E-state index contributed by atoms with van der Waals surface area (Å²) in [6, 6.07) is 4.08. The molecule has 2 N–H and O–H groups in total. The molecule has 0 fully saturated rings. The van der Waals surface area contributed by atoms with E-state index in [1.165, 1.54) is 0 Å². The van der Waals surface area contributed by atoms with Crippen molar-refractivity contribution in [1.29, 1.82) is 0 Å². The zero-order chi connectivity index (χ0) is 15.6. The molecule has 112 valence electrons. The largest absolute Gasteiger partial charge is 0.480 e. The Hall–Kier alpha value is -1.82. The molecule has 0 bridgehead atoms. The van der Waals surface area contributed by atoms with Gasteiger partial charge in [0, 0.05) is 5.69 Å². The zero-order valence-electron chi connectivity index (χ0n) is 12.5. The fraction of sp³-hybridized carbons (Fsp3) is 0.333. The summed E-state index contributed by atoms with van der Waals surface area (Å²) in [7, 11) is 1.55. The number of halogens is 1. The van der Waals surface area contributed by atoms with Gasteiger partial charge in [0.15, 0.2) is 0 Å². The molecule has 0 aliphatic rings. The summed E-state index contributed by atoms with van der Waals surface area (Å²) in [5.41, 5.74) is 8.70. The fourth-order valence-corrected chi connectivity index (χ4v) is 2.24. The molecule has 21 heavy (non-hydrogen) atoms. The van der Waals surface area contributed by atoms with E-state index in [4.69, 9.17) is 15.2 Å². The van der Waals surface area contributed by atoms with Crippen LogP contribution in [0.15, 0.2) is 22.8 Å². The Morgan fingerprint density at radius 1 is 1.29 bits per heavy atom. The molecule has 0 atom stereocenters. The van der Waals surface area contributed by atoms with Crippen LogP contribution in [0.4, 0.5) is 5.69 Å². The molecule has 5 nitrogen and oxygen atoms in total. The first kappa shape index (κ1) is 15.6. The lowest BCUT2D eigenvalue weighted by atomic mass is 9.99.